The van der Waals surface area contributed by atoms with Gasteiger partial charge in [0.1, 0.15) is 11.6 Å². The largest absolute Gasteiger partial charge is 0.354 e. The van der Waals surface area contributed by atoms with E-state index in [2.05, 4.69) is 36.1 Å². The number of anilines is 1. The topological polar surface area (TPSA) is 67.2 Å². The maximum absolute atomic E-state index is 12.9. The number of hydrogen-bond donors (Lipinski definition) is 0. The summed E-state index contributed by atoms with van der Waals surface area (Å²) in [5.74, 6) is 1.87. The molecule has 7 heteroatoms. The fourth-order valence-electron chi connectivity index (χ4n) is 4.71. The van der Waals surface area contributed by atoms with Gasteiger partial charge in [-0.15, -0.1) is 0 Å². The Morgan fingerprint density at radius 3 is 2.39 bits per heavy atom. The van der Waals surface area contributed by atoms with Crippen LogP contribution in [0.15, 0.2) is 60.8 Å². The molecule has 0 N–H and O–H groups in total. The first kappa shape index (κ1) is 24.0. The molecule has 7 nitrogen and oxygen atoms in total. The third kappa shape index (κ3) is 4.96. The van der Waals surface area contributed by atoms with E-state index in [1.807, 2.05) is 66.9 Å². The highest BCUT2D eigenvalue weighted by atomic mass is 16.2. The van der Waals surface area contributed by atoms with Gasteiger partial charge in [-0.25, -0.2) is 14.6 Å². The Labute approximate surface area is 212 Å². The number of fused-ring (bicyclic) bond motifs is 1. The van der Waals surface area contributed by atoms with Gasteiger partial charge in [0.05, 0.1) is 17.3 Å². The van der Waals surface area contributed by atoms with Gasteiger partial charge in [-0.05, 0) is 31.0 Å². The van der Waals surface area contributed by atoms with E-state index >= 15 is 0 Å². The maximum atomic E-state index is 12.9. The second-order valence-corrected chi connectivity index (χ2v) is 10.6. The van der Waals surface area contributed by atoms with Crippen LogP contribution in [0.1, 0.15) is 44.1 Å². The van der Waals surface area contributed by atoms with Gasteiger partial charge in [-0.1, -0.05) is 68.8 Å². The second kappa shape index (κ2) is 9.72. The van der Waals surface area contributed by atoms with Gasteiger partial charge in [0.15, 0.2) is 5.65 Å². The predicted molar refractivity (Wildman–Crippen MR) is 144 cm³/mol. The van der Waals surface area contributed by atoms with Gasteiger partial charge in [0.25, 0.3) is 0 Å². The summed E-state index contributed by atoms with van der Waals surface area (Å²) in [6.45, 7) is 11.1. The molecule has 3 heterocycles. The van der Waals surface area contributed by atoms with Crippen molar-refractivity contribution in [2.45, 2.75) is 40.5 Å². The maximum Gasteiger partial charge on any atom is 0.228 e. The molecule has 1 aliphatic heterocycles. The van der Waals surface area contributed by atoms with Gasteiger partial charge >= 0.3 is 0 Å². The van der Waals surface area contributed by atoms with Crippen LogP contribution in [0.4, 0.5) is 5.82 Å². The van der Waals surface area contributed by atoms with Crippen molar-refractivity contribution in [2.24, 2.45) is 5.41 Å². The third-order valence-electron chi connectivity index (χ3n) is 6.66. The quantitative estimate of drug-likeness (QED) is 0.418. The number of aryl methyl sites for hydroxylation is 1. The van der Waals surface area contributed by atoms with Crippen LogP contribution in [0.25, 0.3) is 16.7 Å². The molecule has 0 spiro atoms. The molecule has 186 valence electrons. The highest BCUT2D eigenvalue weighted by Gasteiger charge is 2.29. The first-order valence-electron chi connectivity index (χ1n) is 12.7. The molecule has 0 saturated carbocycles. The summed E-state index contributed by atoms with van der Waals surface area (Å²) in [5.41, 5.74) is 3.80. The van der Waals surface area contributed by atoms with Crippen molar-refractivity contribution in [2.75, 3.05) is 31.1 Å². The zero-order valence-electron chi connectivity index (χ0n) is 21.6. The lowest BCUT2D eigenvalue weighted by Crippen LogP contribution is -2.41. The van der Waals surface area contributed by atoms with Crippen molar-refractivity contribution < 1.29 is 4.79 Å². The fraction of sp³-hybridized carbons (Fsp3) is 0.379. The minimum absolute atomic E-state index is 0.203. The molecule has 2 aromatic heterocycles. The number of aromatic nitrogens is 4. The zero-order valence-corrected chi connectivity index (χ0v) is 21.6. The lowest BCUT2D eigenvalue weighted by molar-refractivity contribution is -0.139. The summed E-state index contributed by atoms with van der Waals surface area (Å²) < 4.78 is 1.90. The van der Waals surface area contributed by atoms with Crippen LogP contribution < -0.4 is 4.90 Å². The van der Waals surface area contributed by atoms with Crippen LogP contribution in [0.3, 0.4) is 0 Å². The predicted octanol–water partition coefficient (Wildman–Crippen LogP) is 4.80. The number of carbonyl (C=O) groups excluding carboxylic acids is 1. The van der Waals surface area contributed by atoms with E-state index in [0.29, 0.717) is 13.0 Å². The number of carbonyl (C=O) groups is 1. The fourth-order valence-corrected chi connectivity index (χ4v) is 4.71. The smallest absolute Gasteiger partial charge is 0.228 e. The molecule has 0 atom stereocenters. The molecule has 1 aliphatic rings. The summed E-state index contributed by atoms with van der Waals surface area (Å²) in [4.78, 5) is 27.3. The minimum atomic E-state index is -0.380. The molecule has 0 aliphatic carbocycles. The van der Waals surface area contributed by atoms with E-state index in [9.17, 15) is 4.79 Å². The highest BCUT2D eigenvalue weighted by molar-refractivity contribution is 5.88. The first-order chi connectivity index (χ1) is 17.3. The van der Waals surface area contributed by atoms with Crippen molar-refractivity contribution in [3.63, 3.8) is 0 Å². The SMILES string of the molecule is Cc1ccc(Cc2nc(N3CCCN(C(=O)C(C)(C)C)CC3)c3cnn(-c4ccccc4)c3n2)cc1. The molecule has 0 bridgehead atoms. The lowest BCUT2D eigenvalue weighted by atomic mass is 9.94. The van der Waals surface area contributed by atoms with E-state index in [-0.39, 0.29) is 11.3 Å². The van der Waals surface area contributed by atoms with Crippen LogP contribution in [0.5, 0.6) is 0 Å². The van der Waals surface area contributed by atoms with E-state index in [0.717, 1.165) is 54.4 Å². The molecule has 1 fully saturated rings. The molecule has 36 heavy (non-hydrogen) atoms. The van der Waals surface area contributed by atoms with Crippen molar-refractivity contribution in [3.05, 3.63) is 77.7 Å². The Hall–Kier alpha value is -3.74. The molecule has 1 saturated heterocycles. The Bertz CT molecular complexity index is 1350. The van der Waals surface area contributed by atoms with Gasteiger partial charge in [-0.2, -0.15) is 5.10 Å². The molecule has 1 amide bonds. The normalized spacial score (nSPS) is 14.8. The molecule has 4 aromatic rings. The van der Waals surface area contributed by atoms with Gasteiger partial charge in [0, 0.05) is 38.0 Å². The molecule has 2 aromatic carbocycles. The molecule has 0 radical (unpaired) electrons. The average Bonchev–Trinajstić information content (AvgIpc) is 3.13. The Morgan fingerprint density at radius 2 is 1.67 bits per heavy atom. The monoisotopic (exact) mass is 482 g/mol. The van der Waals surface area contributed by atoms with Gasteiger partial charge in [-0.3, -0.25) is 4.79 Å². The average molecular weight is 483 g/mol. The van der Waals surface area contributed by atoms with Crippen molar-refractivity contribution in [3.8, 4) is 5.69 Å². The molecule has 0 unspecified atom stereocenters. The van der Waals surface area contributed by atoms with Gasteiger partial charge in [0.2, 0.25) is 5.91 Å². The van der Waals surface area contributed by atoms with Crippen LogP contribution in [-0.2, 0) is 11.2 Å². The van der Waals surface area contributed by atoms with Crippen LogP contribution >= 0.6 is 0 Å². The lowest BCUT2D eigenvalue weighted by Gasteiger charge is -2.28. The summed E-state index contributed by atoms with van der Waals surface area (Å²) in [5, 5.41) is 5.64. The van der Waals surface area contributed by atoms with Crippen molar-refractivity contribution >= 4 is 22.8 Å². The Morgan fingerprint density at radius 1 is 0.917 bits per heavy atom. The standard InChI is InChI=1S/C29H34N6O/c1-21-11-13-22(14-12-21)19-25-31-26(33-15-8-16-34(18-17-33)28(36)29(2,3)4)24-20-30-35(27(24)32-25)23-9-6-5-7-10-23/h5-7,9-14,20H,8,15-19H2,1-4H3. The van der Waals surface area contributed by atoms with E-state index in [1.54, 1.807) is 0 Å². The summed E-state index contributed by atoms with van der Waals surface area (Å²) in [6.07, 6.45) is 3.41. The number of para-hydroxylation sites is 1. The van der Waals surface area contributed by atoms with E-state index in [4.69, 9.17) is 15.1 Å². The molecule has 5 rings (SSSR count). The Kier molecular flexibility index (Phi) is 6.48. The van der Waals surface area contributed by atoms with E-state index in [1.165, 1.54) is 11.1 Å². The summed E-state index contributed by atoms with van der Waals surface area (Å²) >= 11 is 0. The highest BCUT2D eigenvalue weighted by Crippen LogP contribution is 2.28. The van der Waals surface area contributed by atoms with Crippen LogP contribution in [0, 0.1) is 12.3 Å². The number of amides is 1. The van der Waals surface area contributed by atoms with Crippen LogP contribution in [-0.4, -0.2) is 56.7 Å². The summed E-state index contributed by atoms with van der Waals surface area (Å²) in [6, 6.07) is 18.6. The first-order valence-corrected chi connectivity index (χ1v) is 12.7. The zero-order chi connectivity index (χ0) is 25.3. The third-order valence-corrected chi connectivity index (χ3v) is 6.66. The molecular weight excluding hydrogens is 448 g/mol. The van der Waals surface area contributed by atoms with Crippen molar-refractivity contribution in [1.29, 1.82) is 0 Å². The minimum Gasteiger partial charge on any atom is -0.354 e. The number of hydrogen-bond acceptors (Lipinski definition) is 5. The number of nitrogens with zero attached hydrogens (tertiary/aromatic N) is 6. The number of rotatable bonds is 4. The summed E-state index contributed by atoms with van der Waals surface area (Å²) in [7, 11) is 0. The van der Waals surface area contributed by atoms with Gasteiger partial charge < -0.3 is 9.80 Å². The number of benzene rings is 2. The van der Waals surface area contributed by atoms with E-state index < -0.39 is 0 Å². The Balaban J connectivity index is 1.53. The second-order valence-electron chi connectivity index (χ2n) is 10.6. The van der Waals surface area contributed by atoms with Crippen LogP contribution in [0.2, 0.25) is 0 Å². The van der Waals surface area contributed by atoms with Crippen molar-refractivity contribution in [1.82, 2.24) is 24.6 Å². The molecular formula is C29H34N6O.